The number of hydrogen-bond acceptors (Lipinski definition) is 4. The first-order valence-corrected chi connectivity index (χ1v) is 7.79. The summed E-state index contributed by atoms with van der Waals surface area (Å²) in [6, 6.07) is 8.48. The van der Waals surface area contributed by atoms with Crippen molar-refractivity contribution in [1.29, 1.82) is 0 Å². The Morgan fingerprint density at radius 2 is 1.89 bits per heavy atom. The fourth-order valence-electron chi connectivity index (χ4n) is 1.45. The summed E-state index contributed by atoms with van der Waals surface area (Å²) in [5.74, 6) is -0.722. The lowest BCUT2D eigenvalue weighted by Gasteiger charge is -2.21. The molecule has 6 heteroatoms. The Labute approximate surface area is 112 Å². The van der Waals surface area contributed by atoms with Gasteiger partial charge < -0.3 is 9.26 Å². The van der Waals surface area contributed by atoms with Crippen molar-refractivity contribution in [2.75, 3.05) is 13.2 Å². The molecule has 0 aliphatic rings. The number of halogens is 1. The third-order valence-corrected chi connectivity index (χ3v) is 5.63. The third kappa shape index (κ3) is 3.35. The van der Waals surface area contributed by atoms with Gasteiger partial charge in [-0.2, -0.15) is 0 Å². The van der Waals surface area contributed by atoms with Crippen molar-refractivity contribution in [3.63, 3.8) is 0 Å². The lowest BCUT2D eigenvalue weighted by Crippen LogP contribution is -2.24. The Balaban J connectivity index is 3.08. The molecule has 1 aromatic rings. The van der Waals surface area contributed by atoms with Crippen LogP contribution in [0.25, 0.3) is 0 Å². The number of hydrogen-bond donors (Lipinski definition) is 0. The van der Waals surface area contributed by atoms with E-state index in [0.29, 0.717) is 5.30 Å². The predicted molar refractivity (Wildman–Crippen MR) is 71.6 cm³/mol. The molecular weight excluding hydrogens is 275 g/mol. The first kappa shape index (κ1) is 15.2. The van der Waals surface area contributed by atoms with E-state index in [-0.39, 0.29) is 13.2 Å². The summed E-state index contributed by atoms with van der Waals surface area (Å²) in [5, 5.41) is -0.903. The lowest BCUT2D eigenvalue weighted by molar-refractivity contribution is -0.141. The maximum absolute atomic E-state index is 12.8. The molecule has 2 unspecified atom stereocenters. The summed E-state index contributed by atoms with van der Waals surface area (Å²) in [7, 11) is -3.46. The number of ether oxygens (including phenoxy) is 1. The van der Waals surface area contributed by atoms with Gasteiger partial charge in [0, 0.05) is 5.30 Å². The van der Waals surface area contributed by atoms with Crippen molar-refractivity contribution >= 4 is 30.2 Å². The maximum Gasteiger partial charge on any atom is 0.334 e. The van der Waals surface area contributed by atoms with Gasteiger partial charge in [-0.1, -0.05) is 29.8 Å². The molecule has 0 N–H and O–H groups in total. The van der Waals surface area contributed by atoms with Crippen molar-refractivity contribution in [3.8, 4) is 0 Å². The number of esters is 1. The van der Waals surface area contributed by atoms with E-state index in [9.17, 15) is 9.36 Å². The predicted octanol–water partition coefficient (Wildman–Crippen LogP) is 2.75. The molecule has 18 heavy (non-hydrogen) atoms. The zero-order chi connectivity index (χ0) is 13.6. The van der Waals surface area contributed by atoms with Crippen LogP contribution in [-0.2, 0) is 18.6 Å². The average molecular weight is 291 g/mol. The zero-order valence-electron chi connectivity index (χ0n) is 10.3. The van der Waals surface area contributed by atoms with Crippen molar-refractivity contribution < 1.29 is 18.6 Å². The van der Waals surface area contributed by atoms with E-state index in [1.54, 1.807) is 44.2 Å². The van der Waals surface area contributed by atoms with Crippen molar-refractivity contribution in [3.05, 3.63) is 30.3 Å². The number of carbonyl (C=O) groups excluding carboxylic acids is 1. The molecule has 2 atom stereocenters. The smallest absolute Gasteiger partial charge is 0.334 e. The molecule has 0 radical (unpaired) electrons. The van der Waals surface area contributed by atoms with E-state index in [0.717, 1.165) is 0 Å². The van der Waals surface area contributed by atoms with Crippen LogP contribution in [0.1, 0.15) is 13.8 Å². The van der Waals surface area contributed by atoms with Crippen LogP contribution in [0.2, 0.25) is 0 Å². The normalized spacial score (nSPS) is 15.7. The standard InChI is InChI=1S/C12H16ClO4P/c1-3-16-12(14)11(13)18(15,17-4-2)10-8-6-5-7-9-10/h5-9,11H,3-4H2,1-2H3. The van der Waals surface area contributed by atoms with Crippen molar-refractivity contribution in [1.82, 2.24) is 0 Å². The molecule has 0 spiro atoms. The molecule has 0 bridgehead atoms. The van der Waals surface area contributed by atoms with Crippen LogP contribution >= 0.6 is 19.0 Å². The quantitative estimate of drug-likeness (QED) is 0.459. The van der Waals surface area contributed by atoms with E-state index >= 15 is 0 Å². The number of rotatable bonds is 6. The zero-order valence-corrected chi connectivity index (χ0v) is 12.0. The minimum absolute atomic E-state index is 0.184. The summed E-state index contributed by atoms with van der Waals surface area (Å²) in [6.45, 7) is 3.75. The molecule has 0 fully saturated rings. The summed E-state index contributed by atoms with van der Waals surface area (Å²) < 4.78 is 22.8. The minimum atomic E-state index is -3.46. The SMILES string of the molecule is CCOC(=O)C(Cl)P(=O)(OCC)c1ccccc1. The van der Waals surface area contributed by atoms with Gasteiger partial charge in [0.1, 0.15) is 0 Å². The summed E-state index contributed by atoms with van der Waals surface area (Å²) >= 11 is 5.97. The van der Waals surface area contributed by atoms with Crippen LogP contribution in [0.4, 0.5) is 0 Å². The first-order valence-electron chi connectivity index (χ1n) is 5.66. The van der Waals surface area contributed by atoms with Gasteiger partial charge in [-0.25, -0.2) is 4.79 Å². The second-order valence-corrected chi connectivity index (χ2v) is 6.66. The van der Waals surface area contributed by atoms with Gasteiger partial charge >= 0.3 is 5.97 Å². The summed E-state index contributed by atoms with van der Waals surface area (Å²) in [6.07, 6.45) is 0. The first-order chi connectivity index (χ1) is 8.56. The topological polar surface area (TPSA) is 52.6 Å². The van der Waals surface area contributed by atoms with Crippen LogP contribution in [0.15, 0.2) is 30.3 Å². The average Bonchev–Trinajstić information content (AvgIpc) is 2.39. The molecule has 1 rings (SSSR count). The Kier molecular flexibility index (Phi) is 5.86. The van der Waals surface area contributed by atoms with E-state index in [1.807, 2.05) is 0 Å². The highest BCUT2D eigenvalue weighted by molar-refractivity contribution is 7.70. The Hall–Kier alpha value is -0.830. The number of alkyl halides is 1. The highest BCUT2D eigenvalue weighted by Crippen LogP contribution is 2.52. The highest BCUT2D eigenvalue weighted by atomic mass is 35.5. The van der Waals surface area contributed by atoms with Gasteiger partial charge in [0.25, 0.3) is 7.37 Å². The third-order valence-electron chi connectivity index (χ3n) is 2.22. The van der Waals surface area contributed by atoms with Crippen LogP contribution in [0.3, 0.4) is 0 Å². The van der Waals surface area contributed by atoms with Crippen LogP contribution in [-0.4, -0.2) is 24.3 Å². The molecular formula is C12H16ClO4P. The Bertz CT molecular complexity index is 435. The van der Waals surface area contributed by atoms with E-state index in [4.69, 9.17) is 20.9 Å². The summed E-state index contributed by atoms with van der Waals surface area (Å²) in [4.78, 5) is 11.6. The molecule has 100 valence electrons. The number of carbonyl (C=O) groups is 1. The summed E-state index contributed by atoms with van der Waals surface area (Å²) in [5.41, 5.74) is 0. The highest BCUT2D eigenvalue weighted by Gasteiger charge is 2.40. The molecule has 1 aromatic carbocycles. The van der Waals surface area contributed by atoms with E-state index < -0.39 is 18.5 Å². The second-order valence-electron chi connectivity index (χ2n) is 3.44. The van der Waals surface area contributed by atoms with Crippen LogP contribution in [0, 0.1) is 0 Å². The van der Waals surface area contributed by atoms with Crippen LogP contribution in [0.5, 0.6) is 0 Å². The molecule has 0 amide bonds. The maximum atomic E-state index is 12.8. The van der Waals surface area contributed by atoms with E-state index in [2.05, 4.69) is 0 Å². The molecule has 0 aromatic heterocycles. The van der Waals surface area contributed by atoms with Gasteiger partial charge in [-0.05, 0) is 26.0 Å². The van der Waals surface area contributed by atoms with Crippen molar-refractivity contribution in [2.24, 2.45) is 0 Å². The second kappa shape index (κ2) is 6.93. The Morgan fingerprint density at radius 3 is 2.39 bits per heavy atom. The monoisotopic (exact) mass is 290 g/mol. The fraction of sp³-hybridized carbons (Fsp3) is 0.417. The van der Waals surface area contributed by atoms with Gasteiger partial charge in [-0.3, -0.25) is 4.57 Å². The molecule has 0 aliphatic carbocycles. The van der Waals surface area contributed by atoms with Crippen LogP contribution < -0.4 is 5.30 Å². The van der Waals surface area contributed by atoms with Gasteiger partial charge in [0.2, 0.25) is 5.12 Å². The molecule has 0 saturated carbocycles. The largest absolute Gasteiger partial charge is 0.464 e. The lowest BCUT2D eigenvalue weighted by atomic mass is 10.4. The fourth-order valence-corrected chi connectivity index (χ4v) is 3.88. The Morgan fingerprint density at radius 1 is 1.28 bits per heavy atom. The van der Waals surface area contributed by atoms with Crippen molar-refractivity contribution in [2.45, 2.75) is 19.0 Å². The van der Waals surface area contributed by atoms with E-state index in [1.165, 1.54) is 0 Å². The molecule has 4 nitrogen and oxygen atoms in total. The van der Waals surface area contributed by atoms with Gasteiger partial charge in [0.15, 0.2) is 0 Å². The van der Waals surface area contributed by atoms with Gasteiger partial charge in [-0.15, -0.1) is 0 Å². The minimum Gasteiger partial charge on any atom is -0.464 e. The molecule has 0 aliphatic heterocycles. The number of benzene rings is 1. The molecule has 0 saturated heterocycles. The van der Waals surface area contributed by atoms with Gasteiger partial charge in [0.05, 0.1) is 13.2 Å². The molecule has 0 heterocycles.